The molecule has 3 heteroatoms. The van der Waals surface area contributed by atoms with Crippen molar-refractivity contribution in [2.45, 2.75) is 12.0 Å². The predicted molar refractivity (Wildman–Crippen MR) is 53.8 cm³/mol. The van der Waals surface area contributed by atoms with Gasteiger partial charge >= 0.3 is 0 Å². The van der Waals surface area contributed by atoms with Gasteiger partial charge in [0.15, 0.2) is 11.4 Å². The molecule has 0 aliphatic heterocycles. The molecular weight excluding hydrogens is 180 g/mol. The number of hydrogen-bond donors (Lipinski definition) is 0. The van der Waals surface area contributed by atoms with Crippen LogP contribution in [0.25, 0.3) is 0 Å². The Bertz CT molecular complexity index is 302. The van der Waals surface area contributed by atoms with Crippen LogP contribution in [0.4, 0.5) is 0 Å². The van der Waals surface area contributed by atoms with E-state index in [2.05, 4.69) is 6.58 Å². The van der Waals surface area contributed by atoms with Gasteiger partial charge in [0.2, 0.25) is 0 Å². The fourth-order valence-electron chi connectivity index (χ4n) is 1.54. The molecule has 3 nitrogen and oxygen atoms in total. The van der Waals surface area contributed by atoms with Crippen LogP contribution in [0.2, 0.25) is 0 Å². The summed E-state index contributed by atoms with van der Waals surface area (Å²) in [7, 11) is 3.02. The molecule has 1 aliphatic rings. The minimum absolute atomic E-state index is 0.112. The second-order valence-electron chi connectivity index (χ2n) is 2.98. The molecule has 1 atom stereocenters. The topological polar surface area (TPSA) is 35.5 Å². The van der Waals surface area contributed by atoms with E-state index in [4.69, 9.17) is 9.47 Å². The summed E-state index contributed by atoms with van der Waals surface area (Å²) in [5, 5.41) is 0. The number of allylic oxidation sites excluding steroid dienone is 2. The summed E-state index contributed by atoms with van der Waals surface area (Å²) in [6.45, 7) is 3.61. The van der Waals surface area contributed by atoms with E-state index in [0.717, 1.165) is 0 Å². The normalized spacial score (nSPS) is 25.9. The second kappa shape index (κ2) is 4.24. The SMILES string of the molecule is C=CCC1(OC)C(=O)C=CC=C1OC. The Kier molecular flexibility index (Phi) is 3.25. The van der Waals surface area contributed by atoms with Gasteiger partial charge in [0.25, 0.3) is 0 Å². The van der Waals surface area contributed by atoms with Crippen LogP contribution in [0.3, 0.4) is 0 Å². The third-order valence-corrected chi connectivity index (χ3v) is 2.29. The van der Waals surface area contributed by atoms with E-state index in [9.17, 15) is 4.79 Å². The maximum Gasteiger partial charge on any atom is 0.195 e. The maximum atomic E-state index is 11.7. The molecule has 0 heterocycles. The zero-order chi connectivity index (χ0) is 10.6. The lowest BCUT2D eigenvalue weighted by atomic mass is 9.88. The van der Waals surface area contributed by atoms with Crippen molar-refractivity contribution in [2.75, 3.05) is 14.2 Å². The third-order valence-electron chi connectivity index (χ3n) is 2.29. The fourth-order valence-corrected chi connectivity index (χ4v) is 1.54. The molecule has 0 N–H and O–H groups in total. The van der Waals surface area contributed by atoms with Crippen LogP contribution in [0.1, 0.15) is 6.42 Å². The highest BCUT2D eigenvalue weighted by Gasteiger charge is 2.42. The lowest BCUT2D eigenvalue weighted by Gasteiger charge is -2.31. The molecular formula is C11H14O3. The lowest BCUT2D eigenvalue weighted by molar-refractivity contribution is -0.135. The average molecular weight is 194 g/mol. The monoisotopic (exact) mass is 194 g/mol. The van der Waals surface area contributed by atoms with Crippen LogP contribution in [0.15, 0.2) is 36.6 Å². The molecule has 0 aromatic rings. The summed E-state index contributed by atoms with van der Waals surface area (Å²) < 4.78 is 10.4. The van der Waals surface area contributed by atoms with E-state index in [1.54, 1.807) is 18.2 Å². The summed E-state index contributed by atoms with van der Waals surface area (Å²) in [6, 6.07) is 0. The van der Waals surface area contributed by atoms with E-state index in [0.29, 0.717) is 12.2 Å². The maximum absolute atomic E-state index is 11.7. The molecule has 0 aromatic carbocycles. The Morgan fingerprint density at radius 1 is 1.57 bits per heavy atom. The Morgan fingerprint density at radius 2 is 2.29 bits per heavy atom. The van der Waals surface area contributed by atoms with Crippen LogP contribution in [0, 0.1) is 0 Å². The standard InChI is InChI=1S/C11H14O3/c1-4-8-11(14-3)9(12)6-5-7-10(11)13-2/h4-7H,1,8H2,2-3H3. The lowest BCUT2D eigenvalue weighted by Crippen LogP contribution is -2.43. The van der Waals surface area contributed by atoms with Crippen molar-refractivity contribution in [3.05, 3.63) is 36.6 Å². The van der Waals surface area contributed by atoms with E-state index in [1.165, 1.54) is 20.3 Å². The van der Waals surface area contributed by atoms with Crippen LogP contribution in [0.5, 0.6) is 0 Å². The molecule has 0 aromatic heterocycles. The molecule has 1 rings (SSSR count). The number of rotatable bonds is 4. The van der Waals surface area contributed by atoms with Gasteiger partial charge in [0.05, 0.1) is 7.11 Å². The zero-order valence-electron chi connectivity index (χ0n) is 8.45. The van der Waals surface area contributed by atoms with Gasteiger partial charge in [-0.3, -0.25) is 4.79 Å². The van der Waals surface area contributed by atoms with Crippen molar-refractivity contribution in [3.63, 3.8) is 0 Å². The minimum atomic E-state index is -1.01. The van der Waals surface area contributed by atoms with Crippen molar-refractivity contribution in [1.29, 1.82) is 0 Å². The Hall–Kier alpha value is -1.35. The molecule has 0 spiro atoms. The van der Waals surface area contributed by atoms with E-state index < -0.39 is 5.60 Å². The van der Waals surface area contributed by atoms with Gasteiger partial charge in [-0.2, -0.15) is 0 Å². The quantitative estimate of drug-likeness (QED) is 0.638. The molecule has 0 radical (unpaired) electrons. The highest BCUT2D eigenvalue weighted by atomic mass is 16.5. The largest absolute Gasteiger partial charge is 0.497 e. The van der Waals surface area contributed by atoms with Gasteiger partial charge in [-0.05, 0) is 12.2 Å². The summed E-state index contributed by atoms with van der Waals surface area (Å²) in [5.74, 6) is 0.409. The highest BCUT2D eigenvalue weighted by molar-refractivity contribution is 6.01. The van der Waals surface area contributed by atoms with Crippen molar-refractivity contribution >= 4 is 5.78 Å². The molecule has 0 saturated heterocycles. The molecule has 0 fully saturated rings. The highest BCUT2D eigenvalue weighted by Crippen LogP contribution is 2.30. The van der Waals surface area contributed by atoms with Gasteiger partial charge in [-0.15, -0.1) is 6.58 Å². The summed E-state index contributed by atoms with van der Waals surface area (Å²) in [6.07, 6.45) is 6.92. The zero-order valence-corrected chi connectivity index (χ0v) is 8.45. The molecule has 0 bridgehead atoms. The van der Waals surface area contributed by atoms with Crippen molar-refractivity contribution in [3.8, 4) is 0 Å². The molecule has 1 aliphatic carbocycles. The van der Waals surface area contributed by atoms with Crippen molar-refractivity contribution < 1.29 is 14.3 Å². The predicted octanol–water partition coefficient (Wildman–Crippen LogP) is 1.62. The molecule has 0 amide bonds. The van der Waals surface area contributed by atoms with Crippen LogP contribution in [-0.2, 0) is 14.3 Å². The first-order chi connectivity index (χ1) is 6.71. The van der Waals surface area contributed by atoms with E-state index >= 15 is 0 Å². The Balaban J connectivity index is 3.11. The van der Waals surface area contributed by atoms with Gasteiger partial charge in [0, 0.05) is 13.5 Å². The molecule has 1 unspecified atom stereocenters. The average Bonchev–Trinajstić information content (AvgIpc) is 2.21. The van der Waals surface area contributed by atoms with Crippen LogP contribution in [-0.4, -0.2) is 25.6 Å². The molecule has 14 heavy (non-hydrogen) atoms. The Morgan fingerprint density at radius 3 is 2.79 bits per heavy atom. The van der Waals surface area contributed by atoms with Gasteiger partial charge in [-0.1, -0.05) is 12.2 Å². The second-order valence-corrected chi connectivity index (χ2v) is 2.98. The fraction of sp³-hybridized carbons (Fsp3) is 0.364. The van der Waals surface area contributed by atoms with Crippen molar-refractivity contribution in [1.82, 2.24) is 0 Å². The summed E-state index contributed by atoms with van der Waals surface area (Å²) >= 11 is 0. The van der Waals surface area contributed by atoms with Crippen molar-refractivity contribution in [2.24, 2.45) is 0 Å². The smallest absolute Gasteiger partial charge is 0.195 e. The van der Waals surface area contributed by atoms with E-state index in [-0.39, 0.29) is 5.78 Å². The summed E-state index contributed by atoms with van der Waals surface area (Å²) in [5.41, 5.74) is -1.01. The number of methoxy groups -OCH3 is 2. The van der Waals surface area contributed by atoms with Crippen LogP contribution < -0.4 is 0 Å². The van der Waals surface area contributed by atoms with E-state index in [1.807, 2.05) is 0 Å². The van der Waals surface area contributed by atoms with Gasteiger partial charge in [0.1, 0.15) is 5.76 Å². The molecule has 76 valence electrons. The first kappa shape index (κ1) is 10.7. The van der Waals surface area contributed by atoms with Crippen LogP contribution >= 0.6 is 0 Å². The summed E-state index contributed by atoms with van der Waals surface area (Å²) in [4.78, 5) is 11.7. The van der Waals surface area contributed by atoms with Gasteiger partial charge < -0.3 is 9.47 Å². The van der Waals surface area contributed by atoms with Gasteiger partial charge in [-0.25, -0.2) is 0 Å². The number of ether oxygens (including phenoxy) is 2. The number of ketones is 1. The number of hydrogen-bond acceptors (Lipinski definition) is 3. The first-order valence-corrected chi connectivity index (χ1v) is 4.34. The third kappa shape index (κ3) is 1.51. The minimum Gasteiger partial charge on any atom is -0.497 e. The number of carbonyl (C=O) groups is 1. The first-order valence-electron chi connectivity index (χ1n) is 4.34. The molecule has 0 saturated carbocycles. The number of carbonyl (C=O) groups excluding carboxylic acids is 1. The Labute approximate surface area is 83.7 Å².